The number of methoxy groups -OCH3 is 1. The van der Waals surface area contributed by atoms with Gasteiger partial charge in [-0.05, 0) is 11.5 Å². The van der Waals surface area contributed by atoms with Gasteiger partial charge in [-0.25, -0.2) is 4.68 Å². The molecule has 1 heterocycles. The molecule has 21 heavy (non-hydrogen) atoms. The van der Waals surface area contributed by atoms with E-state index >= 15 is 0 Å². The summed E-state index contributed by atoms with van der Waals surface area (Å²) in [5, 5.41) is 7.11. The molecule has 0 bridgehead atoms. The van der Waals surface area contributed by atoms with Crippen LogP contribution in [-0.4, -0.2) is 22.8 Å². The molecule has 0 unspecified atom stereocenters. The minimum absolute atomic E-state index is 0.200. The molecule has 0 fully saturated rings. The SMILES string of the molecule is CO[C@@H](C(=O)Nc1ccnn1CC(C)C)c1ccccc1. The number of rotatable bonds is 6. The number of hydrogen-bond acceptors (Lipinski definition) is 3. The van der Waals surface area contributed by atoms with E-state index in [4.69, 9.17) is 4.74 Å². The van der Waals surface area contributed by atoms with Crippen LogP contribution in [-0.2, 0) is 16.1 Å². The second kappa shape index (κ2) is 7.04. The summed E-state index contributed by atoms with van der Waals surface area (Å²) in [6.45, 7) is 4.97. The Morgan fingerprint density at radius 3 is 2.62 bits per heavy atom. The molecule has 0 aliphatic carbocycles. The predicted octanol–water partition coefficient (Wildman–Crippen LogP) is 2.87. The van der Waals surface area contributed by atoms with Crippen molar-refractivity contribution in [2.75, 3.05) is 12.4 Å². The minimum atomic E-state index is -0.631. The second-order valence-electron chi connectivity index (χ2n) is 5.31. The van der Waals surface area contributed by atoms with Crippen molar-refractivity contribution in [2.45, 2.75) is 26.5 Å². The van der Waals surface area contributed by atoms with E-state index in [1.54, 1.807) is 16.9 Å². The zero-order valence-corrected chi connectivity index (χ0v) is 12.6. The van der Waals surface area contributed by atoms with E-state index in [9.17, 15) is 4.79 Å². The van der Waals surface area contributed by atoms with Gasteiger partial charge in [-0.2, -0.15) is 5.10 Å². The van der Waals surface area contributed by atoms with Gasteiger partial charge in [-0.3, -0.25) is 4.79 Å². The van der Waals surface area contributed by atoms with E-state index in [2.05, 4.69) is 24.3 Å². The fraction of sp³-hybridized carbons (Fsp3) is 0.375. The number of amides is 1. The van der Waals surface area contributed by atoms with Crippen LogP contribution >= 0.6 is 0 Å². The van der Waals surface area contributed by atoms with Crippen LogP contribution in [0.25, 0.3) is 0 Å². The van der Waals surface area contributed by atoms with Crippen LogP contribution in [0.4, 0.5) is 5.82 Å². The van der Waals surface area contributed by atoms with E-state index in [1.807, 2.05) is 30.3 Å². The van der Waals surface area contributed by atoms with Crippen molar-refractivity contribution in [3.8, 4) is 0 Å². The maximum Gasteiger partial charge on any atom is 0.259 e. The Kier molecular flexibility index (Phi) is 5.11. The van der Waals surface area contributed by atoms with Crippen molar-refractivity contribution >= 4 is 11.7 Å². The molecular weight excluding hydrogens is 266 g/mol. The maximum absolute atomic E-state index is 12.4. The second-order valence-corrected chi connectivity index (χ2v) is 5.31. The number of carbonyl (C=O) groups is 1. The molecule has 5 heteroatoms. The summed E-state index contributed by atoms with van der Waals surface area (Å²) in [7, 11) is 1.53. The topological polar surface area (TPSA) is 56.1 Å². The van der Waals surface area contributed by atoms with Gasteiger partial charge in [0.05, 0.1) is 6.20 Å². The Bertz CT molecular complexity index is 578. The van der Waals surface area contributed by atoms with Gasteiger partial charge in [0.2, 0.25) is 0 Å². The van der Waals surface area contributed by atoms with Crippen molar-refractivity contribution in [2.24, 2.45) is 5.92 Å². The number of nitrogens with one attached hydrogen (secondary N) is 1. The van der Waals surface area contributed by atoms with Gasteiger partial charge in [0, 0.05) is 19.7 Å². The third-order valence-electron chi connectivity index (χ3n) is 3.08. The van der Waals surface area contributed by atoms with E-state index in [0.717, 1.165) is 12.1 Å². The molecule has 0 radical (unpaired) electrons. The van der Waals surface area contributed by atoms with E-state index in [1.165, 1.54) is 7.11 Å². The first-order valence-corrected chi connectivity index (χ1v) is 7.02. The summed E-state index contributed by atoms with van der Waals surface area (Å²) < 4.78 is 7.12. The lowest BCUT2D eigenvalue weighted by atomic mass is 10.1. The Hall–Kier alpha value is -2.14. The average molecular weight is 287 g/mol. The Balaban J connectivity index is 2.12. The average Bonchev–Trinajstić information content (AvgIpc) is 2.87. The molecule has 1 N–H and O–H groups in total. The molecule has 0 aliphatic rings. The molecule has 2 rings (SSSR count). The van der Waals surface area contributed by atoms with Gasteiger partial charge in [0.1, 0.15) is 5.82 Å². The van der Waals surface area contributed by atoms with Gasteiger partial charge in [-0.15, -0.1) is 0 Å². The van der Waals surface area contributed by atoms with Crippen LogP contribution in [0, 0.1) is 5.92 Å². The first-order chi connectivity index (χ1) is 10.1. The Morgan fingerprint density at radius 2 is 2.00 bits per heavy atom. The number of carbonyl (C=O) groups excluding carboxylic acids is 1. The lowest BCUT2D eigenvalue weighted by Gasteiger charge is -2.16. The van der Waals surface area contributed by atoms with Gasteiger partial charge < -0.3 is 10.1 Å². The summed E-state index contributed by atoms with van der Waals surface area (Å²) in [6, 6.07) is 11.2. The summed E-state index contributed by atoms with van der Waals surface area (Å²) in [5.41, 5.74) is 0.826. The molecule has 5 nitrogen and oxygen atoms in total. The van der Waals surface area contributed by atoms with Crippen LogP contribution in [0.15, 0.2) is 42.6 Å². The summed E-state index contributed by atoms with van der Waals surface area (Å²) >= 11 is 0. The number of ether oxygens (including phenoxy) is 1. The quantitative estimate of drug-likeness (QED) is 0.888. The molecule has 1 amide bonds. The molecular formula is C16H21N3O2. The molecule has 0 saturated heterocycles. The molecule has 0 saturated carbocycles. The van der Waals surface area contributed by atoms with Gasteiger partial charge in [0.25, 0.3) is 5.91 Å². The lowest BCUT2D eigenvalue weighted by molar-refractivity contribution is -0.126. The number of anilines is 1. The third kappa shape index (κ3) is 3.92. The first-order valence-electron chi connectivity index (χ1n) is 7.02. The fourth-order valence-electron chi connectivity index (χ4n) is 2.14. The smallest absolute Gasteiger partial charge is 0.259 e. The van der Waals surface area contributed by atoms with Gasteiger partial charge >= 0.3 is 0 Å². The summed E-state index contributed by atoms with van der Waals surface area (Å²) in [5.74, 6) is 0.939. The standard InChI is InChI=1S/C16H21N3O2/c1-12(2)11-19-14(9-10-17-19)18-16(20)15(21-3)13-7-5-4-6-8-13/h4-10,12,15H,11H2,1-3H3,(H,18,20)/t15-/m1/s1. The van der Waals surface area contributed by atoms with Crippen molar-refractivity contribution in [1.29, 1.82) is 0 Å². The molecule has 0 spiro atoms. The van der Waals surface area contributed by atoms with Crippen LogP contribution < -0.4 is 5.32 Å². The molecule has 2 aromatic rings. The summed E-state index contributed by atoms with van der Waals surface area (Å²) in [4.78, 5) is 12.4. The minimum Gasteiger partial charge on any atom is -0.367 e. The van der Waals surface area contributed by atoms with Gasteiger partial charge in [0.15, 0.2) is 6.10 Å². The highest BCUT2D eigenvalue weighted by Gasteiger charge is 2.21. The molecule has 112 valence electrons. The normalized spacial score (nSPS) is 12.4. The van der Waals surface area contributed by atoms with E-state index in [-0.39, 0.29) is 5.91 Å². The number of hydrogen-bond donors (Lipinski definition) is 1. The number of aromatic nitrogens is 2. The predicted molar refractivity (Wildman–Crippen MR) is 81.9 cm³/mol. The van der Waals surface area contributed by atoms with Crippen LogP contribution in [0.2, 0.25) is 0 Å². The highest BCUT2D eigenvalue weighted by molar-refractivity contribution is 5.94. The zero-order valence-electron chi connectivity index (χ0n) is 12.6. The fourth-order valence-corrected chi connectivity index (χ4v) is 2.14. The number of nitrogens with zero attached hydrogens (tertiary/aromatic N) is 2. The van der Waals surface area contributed by atoms with Gasteiger partial charge in [-0.1, -0.05) is 44.2 Å². The monoisotopic (exact) mass is 287 g/mol. The lowest BCUT2D eigenvalue weighted by Crippen LogP contribution is -2.24. The highest BCUT2D eigenvalue weighted by atomic mass is 16.5. The molecule has 1 aromatic carbocycles. The first kappa shape index (κ1) is 15.3. The highest BCUT2D eigenvalue weighted by Crippen LogP contribution is 2.19. The van der Waals surface area contributed by atoms with Crippen molar-refractivity contribution < 1.29 is 9.53 Å². The van der Waals surface area contributed by atoms with Crippen LogP contribution in [0.1, 0.15) is 25.5 Å². The largest absolute Gasteiger partial charge is 0.367 e. The Morgan fingerprint density at radius 1 is 1.29 bits per heavy atom. The van der Waals surface area contributed by atoms with Crippen molar-refractivity contribution in [3.05, 3.63) is 48.2 Å². The third-order valence-corrected chi connectivity index (χ3v) is 3.08. The van der Waals surface area contributed by atoms with Crippen LogP contribution in [0.3, 0.4) is 0 Å². The number of benzene rings is 1. The zero-order chi connectivity index (χ0) is 15.2. The van der Waals surface area contributed by atoms with E-state index < -0.39 is 6.10 Å². The Labute approximate surface area is 124 Å². The van der Waals surface area contributed by atoms with Crippen molar-refractivity contribution in [3.63, 3.8) is 0 Å². The van der Waals surface area contributed by atoms with E-state index in [0.29, 0.717) is 11.7 Å². The van der Waals surface area contributed by atoms with Crippen LogP contribution in [0.5, 0.6) is 0 Å². The molecule has 0 aliphatic heterocycles. The maximum atomic E-state index is 12.4. The molecule has 1 atom stereocenters. The summed E-state index contributed by atoms with van der Waals surface area (Å²) in [6.07, 6.45) is 1.05. The molecule has 1 aromatic heterocycles. The van der Waals surface area contributed by atoms with Crippen molar-refractivity contribution in [1.82, 2.24) is 9.78 Å².